The second-order valence-electron chi connectivity index (χ2n) is 7.47. The van der Waals surface area contributed by atoms with Crippen molar-refractivity contribution in [3.8, 4) is 5.88 Å². The van der Waals surface area contributed by atoms with E-state index in [0.717, 1.165) is 0 Å². The number of likely N-dealkylation sites (tertiary alicyclic amines) is 1. The molecule has 0 aromatic carbocycles. The topological polar surface area (TPSA) is 77.7 Å². The number of piperidine rings is 1. The Kier molecular flexibility index (Phi) is 6.05. The summed E-state index contributed by atoms with van der Waals surface area (Å²) in [6, 6.07) is 1.65. The van der Waals surface area contributed by atoms with Gasteiger partial charge in [-0.25, -0.2) is 18.6 Å². The third-order valence-electron chi connectivity index (χ3n) is 4.24. The molecule has 1 fully saturated rings. The summed E-state index contributed by atoms with van der Waals surface area (Å²) in [5.74, 6) is -3.71. The lowest BCUT2D eigenvalue weighted by Crippen LogP contribution is -2.49. The molecule has 1 amide bonds. The maximum atomic E-state index is 14.6. The molecule has 0 aliphatic carbocycles. The van der Waals surface area contributed by atoms with Crippen LogP contribution in [-0.2, 0) is 11.2 Å². The van der Waals surface area contributed by atoms with Crippen molar-refractivity contribution in [1.29, 1.82) is 0 Å². The molecule has 0 spiro atoms. The van der Waals surface area contributed by atoms with Crippen molar-refractivity contribution in [3.05, 3.63) is 23.4 Å². The number of alkyl halides is 2. The van der Waals surface area contributed by atoms with E-state index in [9.17, 15) is 13.6 Å². The SMILES string of the molecule is COc1ncc([C@H]2CN(C(=O)OC(C)(C)C)CCC2(F)F)cc1CCN. The summed E-state index contributed by atoms with van der Waals surface area (Å²) < 4.78 is 39.6. The quantitative estimate of drug-likeness (QED) is 0.880. The number of amides is 1. The van der Waals surface area contributed by atoms with Gasteiger partial charge in [0.15, 0.2) is 0 Å². The smallest absolute Gasteiger partial charge is 0.410 e. The molecule has 1 aromatic heterocycles. The van der Waals surface area contributed by atoms with E-state index in [0.29, 0.717) is 30.0 Å². The van der Waals surface area contributed by atoms with E-state index >= 15 is 0 Å². The molecule has 0 radical (unpaired) electrons. The van der Waals surface area contributed by atoms with E-state index in [2.05, 4.69) is 4.98 Å². The van der Waals surface area contributed by atoms with E-state index in [-0.39, 0.29) is 13.1 Å². The van der Waals surface area contributed by atoms with Crippen molar-refractivity contribution in [2.75, 3.05) is 26.7 Å². The fourth-order valence-electron chi connectivity index (χ4n) is 2.97. The normalized spacial score (nSPS) is 20.0. The van der Waals surface area contributed by atoms with Crippen LogP contribution in [-0.4, -0.2) is 54.2 Å². The average Bonchev–Trinajstić information content (AvgIpc) is 2.53. The Labute approximate surface area is 152 Å². The van der Waals surface area contributed by atoms with E-state index in [4.69, 9.17) is 15.2 Å². The predicted molar refractivity (Wildman–Crippen MR) is 93.7 cm³/mol. The highest BCUT2D eigenvalue weighted by molar-refractivity contribution is 5.68. The highest BCUT2D eigenvalue weighted by Crippen LogP contribution is 2.41. The van der Waals surface area contributed by atoms with Gasteiger partial charge >= 0.3 is 6.09 Å². The Morgan fingerprint density at radius 2 is 2.15 bits per heavy atom. The van der Waals surface area contributed by atoms with Crippen LogP contribution >= 0.6 is 0 Å². The van der Waals surface area contributed by atoms with Gasteiger partial charge in [-0.1, -0.05) is 0 Å². The van der Waals surface area contributed by atoms with Gasteiger partial charge in [-0.2, -0.15) is 0 Å². The number of nitrogens with zero attached hydrogens (tertiary/aromatic N) is 2. The summed E-state index contributed by atoms with van der Waals surface area (Å²) in [6.07, 6.45) is 0.852. The van der Waals surface area contributed by atoms with Gasteiger partial charge in [0.05, 0.1) is 13.0 Å². The molecule has 1 aliphatic rings. The van der Waals surface area contributed by atoms with Crippen LogP contribution in [0.25, 0.3) is 0 Å². The third-order valence-corrected chi connectivity index (χ3v) is 4.24. The van der Waals surface area contributed by atoms with Crippen LogP contribution in [0.1, 0.15) is 44.2 Å². The van der Waals surface area contributed by atoms with Crippen LogP contribution < -0.4 is 10.5 Å². The molecule has 6 nitrogen and oxygen atoms in total. The Morgan fingerprint density at radius 1 is 1.46 bits per heavy atom. The van der Waals surface area contributed by atoms with Crippen molar-refractivity contribution < 1.29 is 23.0 Å². The van der Waals surface area contributed by atoms with Gasteiger partial charge in [0.2, 0.25) is 5.88 Å². The molecule has 0 unspecified atom stereocenters. The molecule has 26 heavy (non-hydrogen) atoms. The van der Waals surface area contributed by atoms with E-state index in [1.807, 2.05) is 0 Å². The third kappa shape index (κ3) is 4.81. The monoisotopic (exact) mass is 371 g/mol. The molecule has 0 bridgehead atoms. The zero-order valence-electron chi connectivity index (χ0n) is 15.7. The van der Waals surface area contributed by atoms with E-state index in [1.54, 1.807) is 26.8 Å². The second kappa shape index (κ2) is 7.73. The first kappa shape index (κ1) is 20.4. The van der Waals surface area contributed by atoms with Gasteiger partial charge in [-0.15, -0.1) is 0 Å². The molecule has 1 atom stereocenters. The number of rotatable bonds is 4. The van der Waals surface area contributed by atoms with Gasteiger partial charge in [0.1, 0.15) is 5.60 Å². The first-order valence-electron chi connectivity index (χ1n) is 8.66. The Morgan fingerprint density at radius 3 is 2.73 bits per heavy atom. The van der Waals surface area contributed by atoms with Crippen LogP contribution in [0.5, 0.6) is 5.88 Å². The summed E-state index contributed by atoms with van der Waals surface area (Å²) in [6.45, 7) is 5.41. The molecule has 1 saturated heterocycles. The lowest BCUT2D eigenvalue weighted by Gasteiger charge is -2.39. The number of methoxy groups -OCH3 is 1. The van der Waals surface area contributed by atoms with Crippen molar-refractivity contribution >= 4 is 6.09 Å². The first-order valence-corrected chi connectivity index (χ1v) is 8.66. The van der Waals surface area contributed by atoms with Gasteiger partial charge in [0, 0.05) is 31.3 Å². The lowest BCUT2D eigenvalue weighted by molar-refractivity contribution is -0.0772. The highest BCUT2D eigenvalue weighted by atomic mass is 19.3. The van der Waals surface area contributed by atoms with Gasteiger partial charge < -0.3 is 20.1 Å². The molecule has 8 heteroatoms. The summed E-state index contributed by atoms with van der Waals surface area (Å²) in [5, 5.41) is 0. The maximum absolute atomic E-state index is 14.6. The lowest BCUT2D eigenvalue weighted by atomic mass is 9.87. The molecule has 2 rings (SSSR count). The van der Waals surface area contributed by atoms with Gasteiger partial charge in [0.25, 0.3) is 5.92 Å². The van der Waals surface area contributed by atoms with Crippen LogP contribution in [0.3, 0.4) is 0 Å². The zero-order chi connectivity index (χ0) is 19.5. The van der Waals surface area contributed by atoms with Gasteiger partial charge in [-0.05, 0) is 45.4 Å². The number of halogens is 2. The molecular formula is C18H27F2N3O3. The van der Waals surface area contributed by atoms with Crippen molar-refractivity contribution in [2.24, 2.45) is 5.73 Å². The number of hydrogen-bond donors (Lipinski definition) is 1. The minimum absolute atomic E-state index is 0.0440. The molecule has 2 N–H and O–H groups in total. The van der Waals surface area contributed by atoms with Crippen molar-refractivity contribution in [2.45, 2.75) is 51.1 Å². The Hall–Kier alpha value is -1.96. The Balaban J connectivity index is 2.27. The number of carbonyl (C=O) groups is 1. The van der Waals surface area contributed by atoms with E-state index in [1.165, 1.54) is 18.2 Å². The number of hydrogen-bond acceptors (Lipinski definition) is 5. The minimum atomic E-state index is -2.94. The Bertz CT molecular complexity index is 647. The van der Waals surface area contributed by atoms with Crippen LogP contribution in [0.15, 0.2) is 12.3 Å². The first-order chi connectivity index (χ1) is 12.1. The molecule has 1 aromatic rings. The van der Waals surface area contributed by atoms with Crippen LogP contribution in [0, 0.1) is 0 Å². The summed E-state index contributed by atoms with van der Waals surface area (Å²) >= 11 is 0. The molecule has 1 aliphatic heterocycles. The number of ether oxygens (including phenoxy) is 2. The number of pyridine rings is 1. The largest absolute Gasteiger partial charge is 0.481 e. The van der Waals surface area contributed by atoms with Crippen LogP contribution in [0.2, 0.25) is 0 Å². The number of carbonyl (C=O) groups excluding carboxylic acids is 1. The minimum Gasteiger partial charge on any atom is -0.481 e. The standard InChI is InChI=1S/C18H27F2N3O3/c1-17(2,3)26-16(24)23-8-6-18(19,20)14(11-23)13-9-12(5-7-21)15(25-4)22-10-13/h9-10,14H,5-8,11,21H2,1-4H3/t14-/m1/s1. The number of nitrogens with two attached hydrogens (primary N) is 1. The molecule has 0 saturated carbocycles. The van der Waals surface area contributed by atoms with Gasteiger partial charge in [-0.3, -0.25) is 0 Å². The van der Waals surface area contributed by atoms with Crippen molar-refractivity contribution in [3.63, 3.8) is 0 Å². The maximum Gasteiger partial charge on any atom is 0.410 e. The van der Waals surface area contributed by atoms with Crippen molar-refractivity contribution in [1.82, 2.24) is 9.88 Å². The molecule has 146 valence electrons. The number of aromatic nitrogens is 1. The van der Waals surface area contributed by atoms with E-state index < -0.39 is 30.0 Å². The molecular weight excluding hydrogens is 344 g/mol. The zero-order valence-corrected chi connectivity index (χ0v) is 15.7. The predicted octanol–water partition coefficient (Wildman–Crippen LogP) is 2.95. The summed E-state index contributed by atoms with van der Waals surface area (Å²) in [4.78, 5) is 17.8. The van der Waals surface area contributed by atoms with Crippen LogP contribution in [0.4, 0.5) is 13.6 Å². The average molecular weight is 371 g/mol. The molecule has 2 heterocycles. The fourth-order valence-corrected chi connectivity index (χ4v) is 2.97. The second-order valence-corrected chi connectivity index (χ2v) is 7.47. The highest BCUT2D eigenvalue weighted by Gasteiger charge is 2.47. The summed E-state index contributed by atoms with van der Waals surface area (Å²) in [5.41, 5.74) is 5.95. The fraction of sp³-hybridized carbons (Fsp3) is 0.667. The summed E-state index contributed by atoms with van der Waals surface area (Å²) in [7, 11) is 1.47.